The van der Waals surface area contributed by atoms with Gasteiger partial charge in [-0.2, -0.15) is 0 Å². The van der Waals surface area contributed by atoms with Crippen LogP contribution in [0.1, 0.15) is 40.0 Å². The van der Waals surface area contributed by atoms with Crippen molar-refractivity contribution in [3.05, 3.63) is 0 Å². The van der Waals surface area contributed by atoms with Crippen molar-refractivity contribution in [1.82, 2.24) is 0 Å². The molecule has 0 N–H and O–H groups in total. The molecule has 0 aromatic carbocycles. The monoisotopic (exact) mass is 363 g/mol. The van der Waals surface area contributed by atoms with E-state index >= 15 is 0 Å². The first-order valence-corrected chi connectivity index (χ1v) is 15.3. The summed E-state index contributed by atoms with van der Waals surface area (Å²) in [7, 11) is 0. The molecule has 1 nitrogen and oxygen atoms in total. The average molecular weight is 362 g/mol. The third kappa shape index (κ3) is 3.88. The van der Waals surface area contributed by atoms with E-state index in [0.29, 0.717) is 0 Å². The Labute approximate surface area is 81.8 Å². The summed E-state index contributed by atoms with van der Waals surface area (Å²) in [4.78, 5) is 0. The molecule has 0 saturated carbocycles. The zero-order chi connectivity index (χ0) is 9.45. The van der Waals surface area contributed by atoms with Crippen molar-refractivity contribution in [2.45, 2.75) is 52.0 Å². The quantitative estimate of drug-likeness (QED) is 0.661. The number of rotatable bonds is 6. The molecule has 0 amide bonds. The normalized spacial score (nSPS) is 11.2. The minimum absolute atomic E-state index is 1.23. The maximum atomic E-state index is 9.22. The van der Waals surface area contributed by atoms with Crippen LogP contribution in [0.4, 0.5) is 0 Å². The van der Waals surface area contributed by atoms with E-state index in [1.807, 2.05) is 0 Å². The number of nitriles is 1. The number of hydrogen-bond acceptors (Lipinski definition) is 1. The zero-order valence-electron chi connectivity index (χ0n) is 8.69. The molecule has 0 aliphatic carbocycles. The van der Waals surface area contributed by atoms with Gasteiger partial charge < -0.3 is 0 Å². The summed E-state index contributed by atoms with van der Waals surface area (Å²) >= 11 is -2.34. The molecule has 0 bridgehead atoms. The predicted molar refractivity (Wildman–Crippen MR) is 56.7 cm³/mol. The fourth-order valence-corrected chi connectivity index (χ4v) is 17.4. The second-order valence-corrected chi connectivity index (χ2v) is 20.3. The van der Waals surface area contributed by atoms with Gasteiger partial charge in [0.2, 0.25) is 0 Å². The van der Waals surface area contributed by atoms with Crippen LogP contribution in [-0.2, 0) is 0 Å². The Kier molecular flexibility index (Phi) is 7.11. The fourth-order valence-electron chi connectivity index (χ4n) is 1.98. The van der Waals surface area contributed by atoms with Crippen LogP contribution in [0.15, 0.2) is 0 Å². The van der Waals surface area contributed by atoms with Crippen molar-refractivity contribution in [3.63, 3.8) is 0 Å². The van der Waals surface area contributed by atoms with E-state index in [1.165, 1.54) is 31.2 Å². The Morgan fingerprint density at radius 3 is 1.42 bits per heavy atom. The molecule has 0 fully saturated rings. The molecular formula is C10H21NPb. The van der Waals surface area contributed by atoms with E-state index in [4.69, 9.17) is 0 Å². The van der Waals surface area contributed by atoms with Gasteiger partial charge in [0.05, 0.1) is 0 Å². The Balaban J connectivity index is 4.19. The van der Waals surface area contributed by atoms with Crippen molar-refractivity contribution in [3.8, 4) is 3.63 Å². The summed E-state index contributed by atoms with van der Waals surface area (Å²) in [6, 6.07) is 0. The van der Waals surface area contributed by atoms with Gasteiger partial charge in [0.25, 0.3) is 0 Å². The van der Waals surface area contributed by atoms with Crippen LogP contribution in [0.3, 0.4) is 0 Å². The second kappa shape index (κ2) is 6.88. The molecule has 0 unspecified atom stereocenters. The first kappa shape index (κ1) is 12.4. The van der Waals surface area contributed by atoms with E-state index in [1.54, 1.807) is 0 Å². The van der Waals surface area contributed by atoms with Gasteiger partial charge in [0, 0.05) is 0 Å². The standard InChI is InChI=1S/3C3H7.CN.Pb/c3*1-3-2;1-2;/h3*1,3H2,2H3;;. The summed E-state index contributed by atoms with van der Waals surface area (Å²) in [5, 5.41) is 9.22. The van der Waals surface area contributed by atoms with Gasteiger partial charge in [-0.3, -0.25) is 0 Å². The molecule has 12 heavy (non-hydrogen) atoms. The Morgan fingerprint density at radius 2 is 1.25 bits per heavy atom. The van der Waals surface area contributed by atoms with E-state index in [9.17, 15) is 5.26 Å². The molecular weight excluding hydrogens is 341 g/mol. The molecule has 0 aliphatic heterocycles. The fraction of sp³-hybridized carbons (Fsp3) is 0.900. The van der Waals surface area contributed by atoms with Crippen molar-refractivity contribution >= 4 is 21.2 Å². The van der Waals surface area contributed by atoms with Crippen LogP contribution in [0.5, 0.6) is 0 Å². The number of nitrogens with zero attached hydrogens (tertiary/aromatic N) is 1. The van der Waals surface area contributed by atoms with Gasteiger partial charge in [-0.15, -0.1) is 0 Å². The van der Waals surface area contributed by atoms with E-state index in [2.05, 4.69) is 24.4 Å². The molecule has 0 saturated heterocycles. The first-order chi connectivity index (χ1) is 5.74. The summed E-state index contributed by atoms with van der Waals surface area (Å²) in [6.45, 7) is 6.66. The Hall–Kier alpha value is 0.412. The molecule has 0 aliphatic rings. The maximum absolute atomic E-state index is 9.22. The third-order valence-electron chi connectivity index (χ3n) is 2.42. The van der Waals surface area contributed by atoms with Crippen molar-refractivity contribution in [2.75, 3.05) is 0 Å². The van der Waals surface area contributed by atoms with Crippen LogP contribution >= 0.6 is 0 Å². The van der Waals surface area contributed by atoms with Crippen LogP contribution < -0.4 is 0 Å². The van der Waals surface area contributed by atoms with E-state index < -0.39 is 21.2 Å². The minimum atomic E-state index is -2.34. The average Bonchev–Trinajstić information content (AvgIpc) is 2.06. The molecule has 70 valence electrons. The Bertz CT molecular complexity index is 131. The van der Waals surface area contributed by atoms with E-state index in [0.717, 1.165) is 0 Å². The molecule has 0 aromatic rings. The van der Waals surface area contributed by atoms with Crippen molar-refractivity contribution in [2.24, 2.45) is 0 Å². The zero-order valence-corrected chi connectivity index (χ0v) is 12.6. The number of hydrogen-bond donors (Lipinski definition) is 0. The molecule has 0 spiro atoms. The molecule has 0 aromatic heterocycles. The first-order valence-electron chi connectivity index (χ1n) is 5.16. The molecule has 2 heteroatoms. The summed E-state index contributed by atoms with van der Waals surface area (Å²) < 4.78 is 6.63. The summed E-state index contributed by atoms with van der Waals surface area (Å²) in [5.74, 6) is 0. The third-order valence-corrected chi connectivity index (χ3v) is 21.3. The van der Waals surface area contributed by atoms with Crippen LogP contribution in [0, 0.1) is 8.89 Å². The molecule has 0 radical (unpaired) electrons. The van der Waals surface area contributed by atoms with Gasteiger partial charge in [-0.05, 0) is 0 Å². The van der Waals surface area contributed by atoms with Crippen molar-refractivity contribution < 1.29 is 0 Å². The Morgan fingerprint density at radius 1 is 0.917 bits per heavy atom. The van der Waals surface area contributed by atoms with Gasteiger partial charge >= 0.3 is 82.0 Å². The second-order valence-electron chi connectivity index (χ2n) is 3.64. The topological polar surface area (TPSA) is 23.8 Å². The van der Waals surface area contributed by atoms with Gasteiger partial charge in [0.1, 0.15) is 0 Å². The van der Waals surface area contributed by atoms with Gasteiger partial charge in [-0.1, -0.05) is 0 Å². The van der Waals surface area contributed by atoms with Crippen LogP contribution in [0.25, 0.3) is 0 Å². The molecule has 0 atom stereocenters. The van der Waals surface area contributed by atoms with Gasteiger partial charge in [0.15, 0.2) is 0 Å². The van der Waals surface area contributed by atoms with Crippen LogP contribution in [0.2, 0.25) is 11.9 Å². The molecule has 0 rings (SSSR count). The van der Waals surface area contributed by atoms with Crippen molar-refractivity contribution in [1.29, 1.82) is 5.26 Å². The molecule has 0 heterocycles. The van der Waals surface area contributed by atoms with E-state index in [-0.39, 0.29) is 0 Å². The summed E-state index contributed by atoms with van der Waals surface area (Å²) in [5.41, 5.74) is 0. The SMILES string of the molecule is CC[CH2][Pb]([C]#N)([CH2]CC)[CH2]CC. The summed E-state index contributed by atoms with van der Waals surface area (Å²) in [6.07, 6.45) is 3.69. The predicted octanol–water partition coefficient (Wildman–Crippen LogP) is 3.73. The van der Waals surface area contributed by atoms with Gasteiger partial charge in [-0.25, -0.2) is 0 Å². The van der Waals surface area contributed by atoms with Crippen LogP contribution in [-0.4, -0.2) is 21.2 Å².